The fraction of sp³-hybridized carbons (Fsp3) is 0.143. The van der Waals surface area contributed by atoms with E-state index in [1.54, 1.807) is 0 Å². The zero-order valence-electron chi connectivity index (χ0n) is 10.4. The fourth-order valence-corrected chi connectivity index (χ4v) is 16.1. The Labute approximate surface area is 135 Å². The Bertz CT molecular complexity index is 569. The van der Waals surface area contributed by atoms with Gasteiger partial charge in [-0.05, 0) is 0 Å². The number of hydrogen-bond donors (Lipinski definition) is 0. The van der Waals surface area contributed by atoms with Crippen LogP contribution in [0.2, 0.25) is 10.0 Å². The molecule has 0 aromatic heterocycles. The number of rotatable bonds is 2. The number of aryl methyl sites for hydroxylation is 2. The molecule has 101 valence electrons. The molecule has 0 atom stereocenters. The van der Waals surface area contributed by atoms with E-state index in [0.29, 0.717) is 10.0 Å². The minimum atomic E-state index is -3.67. The molecule has 0 N–H and O–H groups in total. The van der Waals surface area contributed by atoms with E-state index in [4.69, 9.17) is 40.2 Å². The topological polar surface area (TPSA) is 0 Å². The van der Waals surface area contributed by atoms with Gasteiger partial charge in [0.2, 0.25) is 0 Å². The van der Waals surface area contributed by atoms with Crippen molar-refractivity contribution in [3.05, 3.63) is 57.6 Å². The third kappa shape index (κ3) is 3.39. The summed E-state index contributed by atoms with van der Waals surface area (Å²) in [5, 5.41) is 1.40. The summed E-state index contributed by atoms with van der Waals surface area (Å²) in [5.41, 5.74) is 2.09. The molecule has 2 aromatic carbocycles. The first-order chi connectivity index (χ1) is 8.82. The van der Waals surface area contributed by atoms with Crippen molar-refractivity contribution in [2.24, 2.45) is 0 Å². The molecule has 0 amide bonds. The van der Waals surface area contributed by atoms with Crippen molar-refractivity contribution in [1.29, 1.82) is 0 Å². The van der Waals surface area contributed by atoms with Crippen LogP contribution in [0.1, 0.15) is 11.1 Å². The van der Waals surface area contributed by atoms with Crippen LogP contribution < -0.4 is 6.54 Å². The average Bonchev–Trinajstić information content (AvgIpc) is 2.27. The Morgan fingerprint density at radius 3 is 1.42 bits per heavy atom. The maximum atomic E-state index is 6.80. The summed E-state index contributed by atoms with van der Waals surface area (Å²) in [6.07, 6.45) is 0. The van der Waals surface area contributed by atoms with Gasteiger partial charge < -0.3 is 0 Å². The molecular formula is C14H12BiCl4. The van der Waals surface area contributed by atoms with Gasteiger partial charge in [0.1, 0.15) is 0 Å². The second-order valence-corrected chi connectivity index (χ2v) is 23.4. The molecule has 1 radical (unpaired) electrons. The third-order valence-corrected chi connectivity index (χ3v) is 18.4. The van der Waals surface area contributed by atoms with Crippen LogP contribution in [0.25, 0.3) is 0 Å². The van der Waals surface area contributed by atoms with Gasteiger partial charge in [-0.3, -0.25) is 0 Å². The summed E-state index contributed by atoms with van der Waals surface area (Å²) >= 11 is 8.30. The summed E-state index contributed by atoms with van der Waals surface area (Å²) < 4.78 is 2.08. The standard InChI is InChI=1S/2C7H6Cl.Bi.2ClH/c2*1-6-3-2-4-7(8)5-6;;;/h2*2,4-5H,1H3;;2*1H/q;;+2;;/p-2. The van der Waals surface area contributed by atoms with Crippen LogP contribution >= 0.6 is 40.2 Å². The average molecular weight is 531 g/mol. The van der Waals surface area contributed by atoms with Crippen molar-refractivity contribution < 1.29 is 0 Å². The van der Waals surface area contributed by atoms with E-state index in [-0.39, 0.29) is 0 Å². The third-order valence-electron chi connectivity index (χ3n) is 2.92. The summed E-state index contributed by atoms with van der Waals surface area (Å²) in [7, 11) is 13.6. The molecule has 0 aliphatic heterocycles. The Morgan fingerprint density at radius 2 is 1.11 bits per heavy atom. The summed E-state index contributed by atoms with van der Waals surface area (Å²) in [5.74, 6) is 0. The predicted octanol–water partition coefficient (Wildman–Crippen LogP) is 4.64. The quantitative estimate of drug-likeness (QED) is 0.496. The van der Waals surface area contributed by atoms with Gasteiger partial charge in [-0.1, -0.05) is 0 Å². The molecule has 2 rings (SSSR count). The molecule has 0 saturated carbocycles. The monoisotopic (exact) mass is 529 g/mol. The van der Waals surface area contributed by atoms with Gasteiger partial charge in [-0.2, -0.15) is 0 Å². The predicted molar refractivity (Wildman–Crippen MR) is 89.1 cm³/mol. The first-order valence-electron chi connectivity index (χ1n) is 5.64. The van der Waals surface area contributed by atoms with Gasteiger partial charge in [0.05, 0.1) is 0 Å². The van der Waals surface area contributed by atoms with Crippen molar-refractivity contribution in [3.63, 3.8) is 0 Å². The maximum absolute atomic E-state index is 6.80. The Balaban J connectivity index is 2.58. The second kappa shape index (κ2) is 6.08. The molecule has 0 unspecified atom stereocenters. The van der Waals surface area contributed by atoms with Crippen molar-refractivity contribution >= 4 is 64.7 Å². The fourth-order valence-electron chi connectivity index (χ4n) is 2.00. The molecule has 0 nitrogen and oxygen atoms in total. The normalized spacial score (nSPS) is 11.7. The zero-order chi connectivity index (χ0) is 14.2. The van der Waals surface area contributed by atoms with E-state index in [1.165, 1.54) is 0 Å². The van der Waals surface area contributed by atoms with Crippen LogP contribution in [-0.2, 0) is 0 Å². The van der Waals surface area contributed by atoms with Gasteiger partial charge in [0.15, 0.2) is 0 Å². The van der Waals surface area contributed by atoms with Gasteiger partial charge in [-0.25, -0.2) is 0 Å². The van der Waals surface area contributed by atoms with Crippen molar-refractivity contribution in [2.45, 2.75) is 13.8 Å². The number of halogens is 4. The molecule has 0 fully saturated rings. The Hall–Kier alpha value is 0.483. The van der Waals surface area contributed by atoms with Gasteiger partial charge in [0, 0.05) is 0 Å². The zero-order valence-corrected chi connectivity index (χ0v) is 16.9. The van der Waals surface area contributed by atoms with E-state index in [0.717, 1.165) is 17.7 Å². The molecule has 0 heterocycles. The molecule has 0 saturated heterocycles. The minimum absolute atomic E-state index is 0.699. The summed E-state index contributed by atoms with van der Waals surface area (Å²) in [6.45, 7) is 3.98. The van der Waals surface area contributed by atoms with E-state index in [9.17, 15) is 0 Å². The number of hydrogen-bond acceptors (Lipinski definition) is 0. The molecule has 0 aliphatic rings. The van der Waals surface area contributed by atoms with Gasteiger partial charge >= 0.3 is 136 Å². The van der Waals surface area contributed by atoms with Crippen molar-refractivity contribution in [3.8, 4) is 0 Å². The molecule has 2 aromatic rings. The van der Waals surface area contributed by atoms with Gasteiger partial charge in [0.25, 0.3) is 0 Å². The first kappa shape index (κ1) is 15.9. The van der Waals surface area contributed by atoms with E-state index in [1.807, 2.05) is 50.2 Å². The second-order valence-electron chi connectivity index (χ2n) is 4.38. The van der Waals surface area contributed by atoms with Crippen LogP contribution in [0.3, 0.4) is 0 Å². The van der Waals surface area contributed by atoms with Crippen LogP contribution in [-0.4, -0.2) is 17.9 Å². The van der Waals surface area contributed by atoms with E-state index >= 15 is 0 Å². The van der Waals surface area contributed by atoms with Crippen molar-refractivity contribution in [1.82, 2.24) is 0 Å². The number of benzene rings is 2. The Kier molecular flexibility index (Phi) is 5.08. The Morgan fingerprint density at radius 1 is 0.737 bits per heavy atom. The van der Waals surface area contributed by atoms with Crippen LogP contribution in [0.4, 0.5) is 0 Å². The summed E-state index contributed by atoms with van der Waals surface area (Å²) in [4.78, 5) is 0. The molecule has 0 aliphatic carbocycles. The molecule has 0 spiro atoms. The molecular weight excluding hydrogens is 519 g/mol. The van der Waals surface area contributed by atoms with Gasteiger partial charge in [-0.15, -0.1) is 0 Å². The van der Waals surface area contributed by atoms with Crippen LogP contribution in [0.15, 0.2) is 36.4 Å². The van der Waals surface area contributed by atoms with E-state index < -0.39 is 17.9 Å². The first-order valence-corrected chi connectivity index (χ1v) is 18.4. The van der Waals surface area contributed by atoms with Crippen molar-refractivity contribution in [2.75, 3.05) is 0 Å². The molecule has 0 bridgehead atoms. The van der Waals surface area contributed by atoms with E-state index in [2.05, 4.69) is 0 Å². The summed E-state index contributed by atoms with van der Waals surface area (Å²) in [6, 6.07) is 11.4. The molecule has 19 heavy (non-hydrogen) atoms. The SMILES string of the molecule is Cc1cc(Cl)cc[c]1[Bi]([Cl])([Cl])[c]1ccc(Cl)cc1C. The van der Waals surface area contributed by atoms with Crippen LogP contribution in [0.5, 0.6) is 0 Å². The molecule has 5 heteroatoms. The van der Waals surface area contributed by atoms with Crippen LogP contribution in [0, 0.1) is 13.8 Å².